The van der Waals surface area contributed by atoms with Gasteiger partial charge in [-0.1, -0.05) is 29.3 Å². The normalized spacial score (nSPS) is 29.3. The third kappa shape index (κ3) is 5.52. The fourth-order valence-electron chi connectivity index (χ4n) is 5.95. The van der Waals surface area contributed by atoms with E-state index in [0.717, 1.165) is 31.7 Å². The van der Waals surface area contributed by atoms with Gasteiger partial charge in [0.15, 0.2) is 0 Å². The minimum absolute atomic E-state index is 0.0387. The van der Waals surface area contributed by atoms with Gasteiger partial charge in [-0.3, -0.25) is 9.69 Å². The van der Waals surface area contributed by atoms with Gasteiger partial charge in [0, 0.05) is 32.1 Å². The molecule has 0 spiro atoms. The van der Waals surface area contributed by atoms with Gasteiger partial charge < -0.3 is 19.6 Å². The van der Waals surface area contributed by atoms with Crippen molar-refractivity contribution in [3.63, 3.8) is 0 Å². The zero-order chi connectivity index (χ0) is 23.8. The highest BCUT2D eigenvalue weighted by Gasteiger charge is 2.55. The predicted octanol–water partition coefficient (Wildman–Crippen LogP) is 3.32. The van der Waals surface area contributed by atoms with Crippen molar-refractivity contribution in [1.29, 1.82) is 0 Å². The Morgan fingerprint density at radius 1 is 1.15 bits per heavy atom. The third-order valence-corrected chi connectivity index (χ3v) is 8.38. The van der Waals surface area contributed by atoms with Crippen LogP contribution in [0.3, 0.4) is 0 Å². The van der Waals surface area contributed by atoms with Crippen molar-refractivity contribution < 1.29 is 14.6 Å². The molecule has 1 aromatic rings. The van der Waals surface area contributed by atoms with Gasteiger partial charge in [0.2, 0.25) is 5.91 Å². The van der Waals surface area contributed by atoms with Gasteiger partial charge in [0.25, 0.3) is 0 Å². The zero-order valence-electron chi connectivity index (χ0n) is 20.0. The molecule has 3 saturated heterocycles. The molecule has 3 fully saturated rings. The molecule has 1 amide bonds. The number of ether oxygens (including phenoxy) is 1. The van der Waals surface area contributed by atoms with E-state index in [1.165, 1.54) is 12.8 Å². The summed E-state index contributed by atoms with van der Waals surface area (Å²) in [5.41, 5.74) is -0.316. The van der Waals surface area contributed by atoms with E-state index in [-0.39, 0.29) is 23.4 Å². The summed E-state index contributed by atoms with van der Waals surface area (Å²) in [6.45, 7) is 12.2. The highest BCUT2D eigenvalue weighted by atomic mass is 35.5. The van der Waals surface area contributed by atoms with Crippen LogP contribution in [-0.4, -0.2) is 95.4 Å². The quantitative estimate of drug-likeness (QED) is 0.653. The number of carbonyl (C=O) groups excluding carboxylic acids is 1. The van der Waals surface area contributed by atoms with Gasteiger partial charge in [0.05, 0.1) is 46.9 Å². The van der Waals surface area contributed by atoms with Crippen LogP contribution in [-0.2, 0) is 16.0 Å². The molecule has 0 bridgehead atoms. The van der Waals surface area contributed by atoms with E-state index >= 15 is 0 Å². The number of hydrogen-bond acceptors (Lipinski definition) is 5. The molecular formula is C25H37Cl2N3O3. The molecule has 3 aliphatic heterocycles. The summed E-state index contributed by atoms with van der Waals surface area (Å²) < 4.78 is 6.13. The van der Waals surface area contributed by atoms with E-state index in [2.05, 4.69) is 21.6 Å². The van der Waals surface area contributed by atoms with Crippen LogP contribution < -0.4 is 0 Å². The monoisotopic (exact) mass is 497 g/mol. The lowest BCUT2D eigenvalue weighted by Gasteiger charge is -2.60. The van der Waals surface area contributed by atoms with Crippen molar-refractivity contribution in [2.24, 2.45) is 5.92 Å². The average Bonchev–Trinajstić information content (AvgIpc) is 3.24. The summed E-state index contributed by atoms with van der Waals surface area (Å²) in [4.78, 5) is 20.7. The number of piperazine rings is 1. The first-order valence-corrected chi connectivity index (χ1v) is 12.8. The molecule has 4 rings (SSSR count). The molecule has 0 aliphatic carbocycles. The molecule has 1 N–H and O–H groups in total. The minimum atomic E-state index is -0.810. The standard InChI is InChI=1S/C25H37Cl2N3O3/c1-24(2,32)17-29-10-11-30(23(31)13-18-6-7-20(26)21(27)12-18)25(3)19(15-33-16-22(25)29)14-28-8-4-5-9-28/h6-7,12,19,22,32H,4-5,8-11,13-17H2,1-3H3. The van der Waals surface area contributed by atoms with Crippen LogP contribution in [0.5, 0.6) is 0 Å². The minimum Gasteiger partial charge on any atom is -0.389 e. The number of fused-ring (bicyclic) bond motifs is 1. The molecule has 3 aliphatic rings. The molecule has 0 saturated carbocycles. The Kier molecular flexibility index (Phi) is 7.64. The maximum absolute atomic E-state index is 13.7. The van der Waals surface area contributed by atoms with Crippen molar-refractivity contribution in [3.8, 4) is 0 Å². The first kappa shape index (κ1) is 25.2. The Balaban J connectivity index is 1.61. The van der Waals surface area contributed by atoms with E-state index < -0.39 is 5.60 Å². The number of aliphatic hydroxyl groups is 1. The van der Waals surface area contributed by atoms with Crippen LogP contribution in [0.1, 0.15) is 39.2 Å². The van der Waals surface area contributed by atoms with Gasteiger partial charge in [-0.05, 0) is 64.4 Å². The summed E-state index contributed by atoms with van der Waals surface area (Å²) in [7, 11) is 0. The van der Waals surface area contributed by atoms with E-state index in [4.69, 9.17) is 27.9 Å². The molecule has 1 aromatic carbocycles. The summed E-state index contributed by atoms with van der Waals surface area (Å²) in [6.07, 6.45) is 2.76. The topological polar surface area (TPSA) is 56.2 Å². The molecular weight excluding hydrogens is 461 g/mol. The van der Waals surface area contributed by atoms with Crippen LogP contribution in [0, 0.1) is 5.92 Å². The number of rotatable bonds is 6. The van der Waals surface area contributed by atoms with Crippen molar-refractivity contribution in [2.45, 2.75) is 57.2 Å². The fourth-order valence-corrected chi connectivity index (χ4v) is 6.27. The van der Waals surface area contributed by atoms with E-state index in [1.807, 2.05) is 19.9 Å². The zero-order valence-corrected chi connectivity index (χ0v) is 21.5. The summed E-state index contributed by atoms with van der Waals surface area (Å²) in [6, 6.07) is 5.46. The van der Waals surface area contributed by atoms with Gasteiger partial charge >= 0.3 is 0 Å². The lowest BCUT2D eigenvalue weighted by atomic mass is 9.73. The number of nitrogens with zero attached hydrogens (tertiary/aromatic N) is 3. The SMILES string of the molecule is CC(C)(O)CN1CCN(C(=O)Cc2ccc(Cl)c(Cl)c2)C2(C)C(CN3CCCC3)COCC12. The second-order valence-electron chi connectivity index (χ2n) is 10.7. The smallest absolute Gasteiger partial charge is 0.227 e. The van der Waals surface area contributed by atoms with E-state index in [0.29, 0.717) is 42.8 Å². The Hall–Kier alpha value is -0.890. The van der Waals surface area contributed by atoms with Crippen LogP contribution in [0.25, 0.3) is 0 Å². The molecule has 33 heavy (non-hydrogen) atoms. The summed E-state index contributed by atoms with van der Waals surface area (Å²) in [5, 5.41) is 11.5. The Bertz CT molecular complexity index is 856. The maximum Gasteiger partial charge on any atom is 0.227 e. The van der Waals surface area contributed by atoms with Gasteiger partial charge in [-0.25, -0.2) is 0 Å². The molecule has 0 aromatic heterocycles. The Labute approximate surface area is 207 Å². The molecule has 0 radical (unpaired) electrons. The number of carbonyl (C=O) groups is 1. The average molecular weight is 498 g/mol. The fraction of sp³-hybridized carbons (Fsp3) is 0.720. The number of hydrogen-bond donors (Lipinski definition) is 1. The third-order valence-electron chi connectivity index (χ3n) is 7.64. The molecule has 8 heteroatoms. The maximum atomic E-state index is 13.7. The van der Waals surface area contributed by atoms with Crippen molar-refractivity contribution in [3.05, 3.63) is 33.8 Å². The van der Waals surface area contributed by atoms with Gasteiger partial charge in [-0.2, -0.15) is 0 Å². The molecule has 6 nitrogen and oxygen atoms in total. The van der Waals surface area contributed by atoms with Gasteiger partial charge in [0.1, 0.15) is 0 Å². The Morgan fingerprint density at radius 3 is 2.55 bits per heavy atom. The number of β-amino-alcohol motifs (C(OH)–C–C–N with tert-alkyl or cyclic N) is 1. The van der Waals surface area contributed by atoms with E-state index in [9.17, 15) is 9.90 Å². The van der Waals surface area contributed by atoms with Crippen LogP contribution in [0.15, 0.2) is 18.2 Å². The summed E-state index contributed by atoms with van der Waals surface area (Å²) >= 11 is 12.3. The highest BCUT2D eigenvalue weighted by Crippen LogP contribution is 2.40. The van der Waals surface area contributed by atoms with Crippen LogP contribution in [0.4, 0.5) is 0 Å². The molecule has 3 heterocycles. The molecule has 184 valence electrons. The molecule has 3 atom stereocenters. The largest absolute Gasteiger partial charge is 0.389 e. The number of halogens is 2. The first-order valence-electron chi connectivity index (χ1n) is 12.1. The van der Waals surface area contributed by atoms with Crippen LogP contribution >= 0.6 is 23.2 Å². The lowest BCUT2D eigenvalue weighted by molar-refractivity contribution is -0.179. The number of benzene rings is 1. The first-order chi connectivity index (χ1) is 15.6. The van der Waals surface area contributed by atoms with Gasteiger partial charge in [-0.15, -0.1) is 0 Å². The second kappa shape index (κ2) is 10.00. The molecule has 3 unspecified atom stereocenters. The van der Waals surface area contributed by atoms with Crippen molar-refractivity contribution in [1.82, 2.24) is 14.7 Å². The van der Waals surface area contributed by atoms with Crippen molar-refractivity contribution in [2.75, 3.05) is 52.5 Å². The Morgan fingerprint density at radius 2 is 1.88 bits per heavy atom. The highest BCUT2D eigenvalue weighted by molar-refractivity contribution is 6.42. The van der Waals surface area contributed by atoms with E-state index in [1.54, 1.807) is 12.1 Å². The number of amides is 1. The lowest BCUT2D eigenvalue weighted by Crippen LogP contribution is -2.76. The van der Waals surface area contributed by atoms with Crippen LogP contribution in [0.2, 0.25) is 10.0 Å². The number of likely N-dealkylation sites (tertiary alicyclic amines) is 1. The van der Waals surface area contributed by atoms with Crippen molar-refractivity contribution >= 4 is 29.1 Å². The predicted molar refractivity (Wildman–Crippen MR) is 132 cm³/mol. The summed E-state index contributed by atoms with van der Waals surface area (Å²) in [5.74, 6) is 0.314. The second-order valence-corrected chi connectivity index (χ2v) is 11.6.